The Bertz CT molecular complexity index is 379. The molecule has 0 fully saturated rings. The summed E-state index contributed by atoms with van der Waals surface area (Å²) >= 11 is 6.01. The van der Waals surface area contributed by atoms with Gasteiger partial charge in [-0.15, -0.1) is 0 Å². The number of aryl methyl sites for hydroxylation is 2. The summed E-state index contributed by atoms with van der Waals surface area (Å²) < 4.78 is 0. The van der Waals surface area contributed by atoms with E-state index in [2.05, 4.69) is 17.2 Å². The van der Waals surface area contributed by atoms with Crippen LogP contribution in [0.2, 0.25) is 5.02 Å². The van der Waals surface area contributed by atoms with E-state index in [1.807, 2.05) is 19.9 Å². The van der Waals surface area contributed by atoms with Gasteiger partial charge in [0.1, 0.15) is 0 Å². The monoisotopic (exact) mass is 224 g/mol. The molecule has 0 aliphatic heterocycles. The molecule has 0 atom stereocenters. The maximum atomic E-state index is 11.2. The van der Waals surface area contributed by atoms with Gasteiger partial charge >= 0.3 is 6.03 Å². The van der Waals surface area contributed by atoms with Gasteiger partial charge in [0.2, 0.25) is 0 Å². The molecular formula is C11H13ClN2O. The number of urea groups is 1. The molecule has 1 aromatic carbocycles. The lowest BCUT2D eigenvalue weighted by molar-refractivity contribution is 0.255. The van der Waals surface area contributed by atoms with Crippen LogP contribution in [0.1, 0.15) is 11.1 Å². The van der Waals surface area contributed by atoms with Crippen LogP contribution >= 0.6 is 11.6 Å². The van der Waals surface area contributed by atoms with Gasteiger partial charge in [-0.2, -0.15) is 0 Å². The third-order valence-electron chi connectivity index (χ3n) is 1.90. The minimum Gasteiger partial charge on any atom is -0.315 e. The molecule has 0 radical (unpaired) electrons. The molecular weight excluding hydrogens is 212 g/mol. The number of hydrogen-bond acceptors (Lipinski definition) is 1. The topological polar surface area (TPSA) is 41.1 Å². The van der Waals surface area contributed by atoms with Crippen LogP contribution in [0.3, 0.4) is 0 Å². The summed E-state index contributed by atoms with van der Waals surface area (Å²) in [6, 6.07) is 3.41. The zero-order valence-electron chi connectivity index (χ0n) is 8.73. The first-order chi connectivity index (χ1) is 7.04. The van der Waals surface area contributed by atoms with Gasteiger partial charge in [0.25, 0.3) is 0 Å². The zero-order chi connectivity index (χ0) is 11.4. The van der Waals surface area contributed by atoms with E-state index in [1.54, 1.807) is 6.07 Å². The largest absolute Gasteiger partial charge is 0.323 e. The minimum atomic E-state index is -0.348. The van der Waals surface area contributed by atoms with Crippen molar-refractivity contribution in [3.8, 4) is 0 Å². The van der Waals surface area contributed by atoms with Crippen LogP contribution < -0.4 is 10.6 Å². The number of amides is 2. The molecule has 1 rings (SSSR count). The third kappa shape index (κ3) is 2.99. The fraction of sp³-hybridized carbons (Fsp3) is 0.182. The molecule has 4 heteroatoms. The fourth-order valence-electron chi connectivity index (χ4n) is 1.32. The number of carbonyl (C=O) groups excluding carboxylic acids is 1. The van der Waals surface area contributed by atoms with Gasteiger partial charge in [0.15, 0.2) is 0 Å². The Morgan fingerprint density at radius 1 is 1.47 bits per heavy atom. The SMILES string of the molecule is C=CNC(=O)Nc1c(C)cc(C)cc1Cl. The summed E-state index contributed by atoms with van der Waals surface area (Å²) in [6.07, 6.45) is 1.31. The van der Waals surface area contributed by atoms with Crippen molar-refractivity contribution in [2.75, 3.05) is 5.32 Å². The van der Waals surface area contributed by atoms with Crippen molar-refractivity contribution in [1.82, 2.24) is 5.32 Å². The van der Waals surface area contributed by atoms with E-state index >= 15 is 0 Å². The van der Waals surface area contributed by atoms with Crippen LogP contribution in [0.4, 0.5) is 10.5 Å². The maximum Gasteiger partial charge on any atom is 0.323 e. The highest BCUT2D eigenvalue weighted by molar-refractivity contribution is 6.34. The van der Waals surface area contributed by atoms with Gasteiger partial charge in [-0.1, -0.05) is 24.2 Å². The molecule has 0 aliphatic rings. The van der Waals surface area contributed by atoms with E-state index in [-0.39, 0.29) is 6.03 Å². The Kier molecular flexibility index (Phi) is 3.74. The van der Waals surface area contributed by atoms with Crippen LogP contribution in [0.5, 0.6) is 0 Å². The van der Waals surface area contributed by atoms with E-state index in [0.29, 0.717) is 10.7 Å². The molecule has 15 heavy (non-hydrogen) atoms. The van der Waals surface area contributed by atoms with Crippen molar-refractivity contribution < 1.29 is 4.79 Å². The summed E-state index contributed by atoms with van der Waals surface area (Å²) in [4.78, 5) is 11.2. The lowest BCUT2D eigenvalue weighted by Gasteiger charge is -2.10. The molecule has 0 bridgehead atoms. The molecule has 0 unspecified atom stereocenters. The Hall–Kier alpha value is -1.48. The summed E-state index contributed by atoms with van der Waals surface area (Å²) in [5.41, 5.74) is 2.62. The summed E-state index contributed by atoms with van der Waals surface area (Å²) in [5.74, 6) is 0. The second-order valence-electron chi connectivity index (χ2n) is 3.24. The van der Waals surface area contributed by atoms with Gasteiger partial charge in [0.05, 0.1) is 10.7 Å². The van der Waals surface area contributed by atoms with Crippen LogP contribution in [-0.2, 0) is 0 Å². The number of anilines is 1. The van der Waals surface area contributed by atoms with Crippen LogP contribution in [0.25, 0.3) is 0 Å². The van der Waals surface area contributed by atoms with Gasteiger partial charge in [-0.05, 0) is 37.2 Å². The molecule has 3 nitrogen and oxygen atoms in total. The Labute approximate surface area is 94.1 Å². The summed E-state index contributed by atoms with van der Waals surface area (Å²) in [7, 11) is 0. The van der Waals surface area contributed by atoms with E-state index in [4.69, 9.17) is 11.6 Å². The van der Waals surface area contributed by atoms with Crippen molar-refractivity contribution in [1.29, 1.82) is 0 Å². The zero-order valence-corrected chi connectivity index (χ0v) is 9.48. The molecule has 80 valence electrons. The predicted octanol–water partition coefficient (Wildman–Crippen LogP) is 3.22. The highest BCUT2D eigenvalue weighted by Gasteiger charge is 2.07. The number of nitrogens with one attached hydrogen (secondary N) is 2. The van der Waals surface area contributed by atoms with Crippen molar-refractivity contribution >= 4 is 23.3 Å². The standard InChI is InChI=1S/C11H13ClN2O/c1-4-13-11(15)14-10-8(3)5-7(2)6-9(10)12/h4-6H,1H2,2-3H3,(H2,13,14,15). The molecule has 0 aliphatic carbocycles. The van der Waals surface area contributed by atoms with Crippen LogP contribution in [-0.4, -0.2) is 6.03 Å². The van der Waals surface area contributed by atoms with Crippen LogP contribution in [0, 0.1) is 13.8 Å². The second kappa shape index (κ2) is 4.84. The molecule has 0 heterocycles. The Balaban J connectivity index is 2.94. The first kappa shape index (κ1) is 11.6. The number of benzene rings is 1. The highest BCUT2D eigenvalue weighted by atomic mass is 35.5. The van der Waals surface area contributed by atoms with Crippen molar-refractivity contribution in [3.05, 3.63) is 41.1 Å². The average Bonchev–Trinajstić information content (AvgIpc) is 2.11. The van der Waals surface area contributed by atoms with Gasteiger partial charge in [-0.3, -0.25) is 0 Å². The number of carbonyl (C=O) groups is 1. The number of hydrogen-bond donors (Lipinski definition) is 2. The molecule has 0 saturated carbocycles. The summed E-state index contributed by atoms with van der Waals surface area (Å²) in [5, 5.41) is 5.61. The summed E-state index contributed by atoms with van der Waals surface area (Å²) in [6.45, 7) is 7.24. The number of halogens is 1. The lowest BCUT2D eigenvalue weighted by Crippen LogP contribution is -2.24. The molecule has 0 saturated heterocycles. The van der Waals surface area contributed by atoms with Gasteiger partial charge < -0.3 is 10.6 Å². The van der Waals surface area contributed by atoms with Crippen molar-refractivity contribution in [2.24, 2.45) is 0 Å². The number of rotatable bonds is 2. The Morgan fingerprint density at radius 2 is 2.13 bits per heavy atom. The first-order valence-electron chi connectivity index (χ1n) is 4.49. The van der Waals surface area contributed by atoms with Crippen molar-refractivity contribution in [3.63, 3.8) is 0 Å². The fourth-order valence-corrected chi connectivity index (χ4v) is 1.68. The van der Waals surface area contributed by atoms with E-state index in [1.165, 1.54) is 6.20 Å². The van der Waals surface area contributed by atoms with E-state index in [9.17, 15) is 4.79 Å². The highest BCUT2D eigenvalue weighted by Crippen LogP contribution is 2.27. The first-order valence-corrected chi connectivity index (χ1v) is 4.87. The quantitative estimate of drug-likeness (QED) is 0.796. The minimum absolute atomic E-state index is 0.348. The van der Waals surface area contributed by atoms with Crippen molar-refractivity contribution in [2.45, 2.75) is 13.8 Å². The van der Waals surface area contributed by atoms with Crippen LogP contribution in [0.15, 0.2) is 24.9 Å². The van der Waals surface area contributed by atoms with Gasteiger partial charge in [0, 0.05) is 0 Å². The Morgan fingerprint density at radius 3 is 2.67 bits per heavy atom. The maximum absolute atomic E-state index is 11.2. The smallest absolute Gasteiger partial charge is 0.315 e. The molecule has 2 N–H and O–H groups in total. The van der Waals surface area contributed by atoms with E-state index < -0.39 is 0 Å². The van der Waals surface area contributed by atoms with E-state index in [0.717, 1.165) is 11.1 Å². The predicted molar refractivity (Wildman–Crippen MR) is 63.3 cm³/mol. The normalized spacial score (nSPS) is 9.53. The lowest BCUT2D eigenvalue weighted by atomic mass is 10.1. The molecule has 0 spiro atoms. The molecule has 2 amide bonds. The average molecular weight is 225 g/mol. The molecule has 1 aromatic rings. The third-order valence-corrected chi connectivity index (χ3v) is 2.20. The second-order valence-corrected chi connectivity index (χ2v) is 3.65. The molecule has 0 aromatic heterocycles. The van der Waals surface area contributed by atoms with Gasteiger partial charge in [-0.25, -0.2) is 4.79 Å².